The number of hydrogen-bond donors (Lipinski definition) is 1. The number of fused-ring (bicyclic) bond motifs is 1. The normalized spacial score (nSPS) is 15.1. The van der Waals surface area contributed by atoms with Crippen LogP contribution < -0.4 is 14.8 Å². The Morgan fingerprint density at radius 1 is 1.10 bits per heavy atom. The maximum absolute atomic E-state index is 12.0. The molecule has 1 aliphatic rings. The first-order valence-corrected chi connectivity index (χ1v) is 10.1. The number of rotatable bonds is 4. The van der Waals surface area contributed by atoms with Crippen molar-refractivity contribution in [3.63, 3.8) is 0 Å². The Labute approximate surface area is 178 Å². The summed E-state index contributed by atoms with van der Waals surface area (Å²) >= 11 is 6.32. The Morgan fingerprint density at radius 2 is 1.93 bits per heavy atom. The van der Waals surface area contributed by atoms with Crippen molar-refractivity contribution in [1.29, 1.82) is 0 Å². The van der Waals surface area contributed by atoms with Crippen LogP contribution in [-0.2, 0) is 4.79 Å². The van der Waals surface area contributed by atoms with Gasteiger partial charge in [-0.3, -0.25) is 4.79 Å². The van der Waals surface area contributed by atoms with Gasteiger partial charge >= 0.3 is 0 Å². The van der Waals surface area contributed by atoms with Crippen LogP contribution in [0.5, 0.6) is 11.5 Å². The van der Waals surface area contributed by atoms with Gasteiger partial charge in [0.05, 0.1) is 30.3 Å². The second kappa shape index (κ2) is 7.85. The number of carbonyl (C=O) groups is 1. The predicted octanol–water partition coefficient (Wildman–Crippen LogP) is 4.72. The summed E-state index contributed by atoms with van der Waals surface area (Å²) in [6.45, 7) is 2.02. The van der Waals surface area contributed by atoms with Crippen LogP contribution in [0.1, 0.15) is 11.1 Å². The molecule has 3 aromatic rings. The summed E-state index contributed by atoms with van der Waals surface area (Å²) in [6, 6.07) is 13.7. The molecule has 7 heteroatoms. The molecule has 146 valence electrons. The van der Waals surface area contributed by atoms with Crippen LogP contribution in [0.15, 0.2) is 47.4 Å². The Balaban J connectivity index is 1.83. The molecule has 1 amide bonds. The minimum Gasteiger partial charge on any atom is -0.497 e. The average molecular weight is 423 g/mol. The monoisotopic (exact) mass is 422 g/mol. The molecule has 1 fully saturated rings. The molecular weight excluding hydrogens is 404 g/mol. The number of aryl methyl sites for hydroxylation is 1. The molecule has 0 bridgehead atoms. The lowest BCUT2D eigenvalue weighted by molar-refractivity contribution is -0.115. The first-order chi connectivity index (χ1) is 14.0. The van der Waals surface area contributed by atoms with E-state index in [2.05, 4.69) is 11.4 Å². The number of hydrogen-bond acceptors (Lipinski definition) is 6. The van der Waals surface area contributed by atoms with Gasteiger partial charge < -0.3 is 14.8 Å². The smallest absolute Gasteiger partial charge is 0.263 e. The summed E-state index contributed by atoms with van der Waals surface area (Å²) in [4.78, 5) is 17.4. The summed E-state index contributed by atoms with van der Waals surface area (Å²) in [5.74, 6) is 1.34. The number of amides is 1. The van der Waals surface area contributed by atoms with Gasteiger partial charge in [-0.2, -0.15) is 0 Å². The van der Waals surface area contributed by atoms with Gasteiger partial charge in [-0.15, -0.1) is 0 Å². The third-order valence-electron chi connectivity index (χ3n) is 4.63. The summed E-state index contributed by atoms with van der Waals surface area (Å²) in [5.41, 5.74) is 4.46. The second-order valence-electron chi connectivity index (χ2n) is 6.52. The van der Waals surface area contributed by atoms with E-state index in [0.717, 1.165) is 44.8 Å². The van der Waals surface area contributed by atoms with Crippen LogP contribution in [-0.4, -0.2) is 29.4 Å². The van der Waals surface area contributed by atoms with E-state index in [1.165, 1.54) is 11.8 Å². The highest BCUT2D eigenvalue weighted by Gasteiger charge is 2.22. The highest BCUT2D eigenvalue weighted by atomic mass is 32.2. The largest absolute Gasteiger partial charge is 0.497 e. The molecule has 0 spiro atoms. The van der Waals surface area contributed by atoms with Gasteiger partial charge in [-0.25, -0.2) is 4.98 Å². The Bertz CT molecular complexity index is 1190. The van der Waals surface area contributed by atoms with E-state index in [0.29, 0.717) is 9.23 Å². The van der Waals surface area contributed by atoms with Crippen LogP contribution in [0.25, 0.3) is 28.2 Å². The fourth-order valence-electron chi connectivity index (χ4n) is 3.23. The number of pyridine rings is 1. The molecule has 0 radical (unpaired) electrons. The molecule has 2 heterocycles. The molecule has 0 atom stereocenters. The molecule has 29 heavy (non-hydrogen) atoms. The van der Waals surface area contributed by atoms with Gasteiger partial charge in [0, 0.05) is 10.9 Å². The van der Waals surface area contributed by atoms with E-state index in [4.69, 9.17) is 26.7 Å². The molecule has 1 aliphatic heterocycles. The first kappa shape index (κ1) is 19.4. The van der Waals surface area contributed by atoms with Crippen molar-refractivity contribution in [1.82, 2.24) is 10.3 Å². The zero-order valence-corrected chi connectivity index (χ0v) is 17.7. The number of ether oxygens (including phenoxy) is 2. The summed E-state index contributed by atoms with van der Waals surface area (Å²) in [7, 11) is 3.28. The molecule has 5 nitrogen and oxygen atoms in total. The SMILES string of the molecule is COc1ccc2nc(-c3cc(/C=C4\SC(=S)NC4=O)ccc3OC)c(C)cc2c1. The van der Waals surface area contributed by atoms with Crippen molar-refractivity contribution in [2.75, 3.05) is 14.2 Å². The van der Waals surface area contributed by atoms with Crippen molar-refractivity contribution in [2.45, 2.75) is 6.92 Å². The highest BCUT2D eigenvalue weighted by molar-refractivity contribution is 8.26. The summed E-state index contributed by atoms with van der Waals surface area (Å²) in [5, 5.41) is 3.64. The fourth-order valence-corrected chi connectivity index (χ4v) is 4.28. The third kappa shape index (κ3) is 3.83. The topological polar surface area (TPSA) is 60.5 Å². The minimum absolute atomic E-state index is 0.175. The fraction of sp³-hybridized carbons (Fsp3) is 0.136. The average Bonchev–Trinajstić information content (AvgIpc) is 3.03. The van der Waals surface area contributed by atoms with Crippen molar-refractivity contribution < 1.29 is 14.3 Å². The highest BCUT2D eigenvalue weighted by Crippen LogP contribution is 2.35. The molecule has 0 saturated carbocycles. The molecule has 1 aromatic heterocycles. The maximum Gasteiger partial charge on any atom is 0.263 e. The zero-order valence-electron chi connectivity index (χ0n) is 16.1. The number of benzene rings is 2. The zero-order chi connectivity index (χ0) is 20.5. The molecule has 1 N–H and O–H groups in total. The predicted molar refractivity (Wildman–Crippen MR) is 121 cm³/mol. The summed E-state index contributed by atoms with van der Waals surface area (Å²) < 4.78 is 11.4. The lowest BCUT2D eigenvalue weighted by Crippen LogP contribution is -2.17. The van der Waals surface area contributed by atoms with Crippen molar-refractivity contribution in [3.8, 4) is 22.8 Å². The number of carbonyl (C=O) groups excluding carboxylic acids is 1. The van der Waals surface area contributed by atoms with Crippen molar-refractivity contribution in [2.24, 2.45) is 0 Å². The van der Waals surface area contributed by atoms with E-state index in [-0.39, 0.29) is 5.91 Å². The first-order valence-electron chi connectivity index (χ1n) is 8.87. The van der Waals surface area contributed by atoms with Gasteiger partial charge in [0.2, 0.25) is 0 Å². The van der Waals surface area contributed by atoms with Gasteiger partial charge in [0.1, 0.15) is 15.8 Å². The maximum atomic E-state index is 12.0. The van der Waals surface area contributed by atoms with Crippen LogP contribution in [0.3, 0.4) is 0 Å². The van der Waals surface area contributed by atoms with Gasteiger partial charge in [0.15, 0.2) is 0 Å². The molecular formula is C22H18N2O3S2. The lowest BCUT2D eigenvalue weighted by atomic mass is 10.0. The van der Waals surface area contributed by atoms with E-state index in [1.54, 1.807) is 14.2 Å². The Morgan fingerprint density at radius 3 is 2.62 bits per heavy atom. The number of aromatic nitrogens is 1. The minimum atomic E-state index is -0.175. The Kier molecular flexibility index (Phi) is 5.25. The second-order valence-corrected chi connectivity index (χ2v) is 8.24. The van der Waals surface area contributed by atoms with Gasteiger partial charge in [-0.1, -0.05) is 30.0 Å². The van der Waals surface area contributed by atoms with E-state index in [1.807, 2.05) is 49.4 Å². The van der Waals surface area contributed by atoms with Gasteiger partial charge in [0.25, 0.3) is 5.91 Å². The van der Waals surface area contributed by atoms with E-state index >= 15 is 0 Å². The molecule has 1 saturated heterocycles. The van der Waals surface area contributed by atoms with Crippen LogP contribution in [0.2, 0.25) is 0 Å². The van der Waals surface area contributed by atoms with E-state index < -0.39 is 0 Å². The number of nitrogens with one attached hydrogen (secondary N) is 1. The van der Waals surface area contributed by atoms with Crippen LogP contribution in [0.4, 0.5) is 0 Å². The number of methoxy groups -OCH3 is 2. The number of thiocarbonyl (C=S) groups is 1. The van der Waals surface area contributed by atoms with Crippen molar-refractivity contribution in [3.05, 3.63) is 58.5 Å². The standard InChI is InChI=1S/C22H18N2O3S2/c1-12-8-14-11-15(26-2)5-6-17(14)23-20(12)16-9-13(4-7-18(16)27-3)10-19-21(25)24-22(28)29-19/h4-11H,1-3H3,(H,24,25,28)/b19-10-. The van der Waals surface area contributed by atoms with Crippen LogP contribution >= 0.6 is 24.0 Å². The van der Waals surface area contributed by atoms with Crippen molar-refractivity contribution >= 4 is 51.2 Å². The molecule has 4 rings (SSSR count). The van der Waals surface area contributed by atoms with Crippen LogP contribution in [0, 0.1) is 6.92 Å². The third-order valence-corrected chi connectivity index (χ3v) is 5.79. The quantitative estimate of drug-likeness (QED) is 0.485. The number of nitrogens with zero attached hydrogens (tertiary/aromatic N) is 1. The lowest BCUT2D eigenvalue weighted by Gasteiger charge is -2.13. The Hall–Kier alpha value is -2.90. The van der Waals surface area contributed by atoms with Gasteiger partial charge in [-0.05, 0) is 60.5 Å². The number of thioether (sulfide) groups is 1. The molecule has 2 aromatic carbocycles. The van der Waals surface area contributed by atoms with E-state index in [9.17, 15) is 4.79 Å². The molecule has 0 aliphatic carbocycles. The summed E-state index contributed by atoms with van der Waals surface area (Å²) in [6.07, 6.45) is 1.82. The molecule has 0 unspecified atom stereocenters.